The normalized spacial score (nSPS) is 10.8. The van der Waals surface area contributed by atoms with Crippen LogP contribution >= 0.6 is 7.26 Å². The van der Waals surface area contributed by atoms with Crippen molar-refractivity contribution in [1.82, 2.24) is 0 Å². The maximum absolute atomic E-state index is 11.4. The van der Waals surface area contributed by atoms with Gasteiger partial charge in [0.05, 0.1) is 6.16 Å². The third-order valence-electron chi connectivity index (χ3n) is 6.12. The Morgan fingerprint density at radius 3 is 1.26 bits per heavy atom. The summed E-state index contributed by atoms with van der Waals surface area (Å²) in [6, 6.07) is 50.0. The van der Waals surface area contributed by atoms with Crippen LogP contribution in [-0.2, 0) is 0 Å². The summed E-state index contributed by atoms with van der Waals surface area (Å²) in [5, 5.41) is 15.9. The highest BCUT2D eigenvalue weighted by Crippen LogP contribution is 2.55. The molecule has 0 heterocycles. The minimum atomic E-state index is -1.55. The molecule has 35 heavy (non-hydrogen) atoms. The van der Waals surface area contributed by atoms with Crippen LogP contribution in [0.2, 0.25) is 0 Å². The molecule has 1 nitrogen and oxygen atoms in total. The van der Waals surface area contributed by atoms with E-state index in [1.165, 1.54) is 28.5 Å². The maximum Gasteiger partial charge on any atom is 0.112 e. The molecule has 0 aliphatic carbocycles. The zero-order chi connectivity index (χ0) is 24.3. The summed E-state index contributed by atoms with van der Waals surface area (Å²) in [4.78, 5) is 0. The van der Waals surface area contributed by atoms with Crippen LogP contribution in [0.5, 0.6) is 5.75 Å². The molecular weight excluding hydrogens is 443 g/mol. The van der Waals surface area contributed by atoms with Crippen molar-refractivity contribution < 1.29 is 5.11 Å². The molecule has 0 aromatic heterocycles. The van der Waals surface area contributed by atoms with Gasteiger partial charge in [0.2, 0.25) is 0 Å². The van der Waals surface area contributed by atoms with Gasteiger partial charge >= 0.3 is 0 Å². The van der Waals surface area contributed by atoms with E-state index in [4.69, 9.17) is 0 Å². The van der Waals surface area contributed by atoms with Crippen LogP contribution in [0.25, 0.3) is 11.1 Å². The molecule has 0 radical (unpaired) electrons. The predicted molar refractivity (Wildman–Crippen MR) is 152 cm³/mol. The van der Waals surface area contributed by atoms with E-state index in [9.17, 15) is 5.11 Å². The lowest BCUT2D eigenvalue weighted by Gasteiger charge is -2.27. The number of para-hydroxylation sites is 1. The second kappa shape index (κ2) is 12.2. The first kappa shape index (κ1) is 24.5. The van der Waals surface area contributed by atoms with Crippen LogP contribution in [0.4, 0.5) is 0 Å². The molecule has 2 heteroatoms. The van der Waals surface area contributed by atoms with Crippen LogP contribution in [0.15, 0.2) is 146 Å². The molecule has 174 valence electrons. The van der Waals surface area contributed by atoms with E-state index >= 15 is 0 Å². The topological polar surface area (TPSA) is 23.1 Å². The lowest BCUT2D eigenvalue weighted by molar-refractivity contribution is -0.267. The average Bonchev–Trinajstić information content (AvgIpc) is 2.94. The molecule has 5 aromatic rings. The second-order valence-corrected chi connectivity index (χ2v) is 12.0. The molecule has 5 rings (SSSR count). The van der Waals surface area contributed by atoms with Gasteiger partial charge in [-0.05, 0) is 53.9 Å². The van der Waals surface area contributed by atoms with Crippen molar-refractivity contribution in [2.24, 2.45) is 0 Å². The largest absolute Gasteiger partial charge is 0.872 e. The summed E-state index contributed by atoms with van der Waals surface area (Å²) in [5.41, 5.74) is 1.75. The Kier molecular flexibility index (Phi) is 8.49. The second-order valence-electron chi connectivity index (χ2n) is 8.40. The van der Waals surface area contributed by atoms with E-state index in [-0.39, 0.29) is 5.75 Å². The van der Waals surface area contributed by atoms with E-state index in [1.54, 1.807) is 12.1 Å². The molecular formula is C33H31OP. The van der Waals surface area contributed by atoms with Crippen molar-refractivity contribution in [2.75, 3.05) is 6.16 Å². The summed E-state index contributed by atoms with van der Waals surface area (Å²) in [6.07, 6.45) is 2.40. The summed E-state index contributed by atoms with van der Waals surface area (Å²) in [7, 11) is -1.55. The van der Waals surface area contributed by atoms with Crippen molar-refractivity contribution in [3.63, 3.8) is 0 Å². The lowest BCUT2D eigenvalue weighted by Crippen LogP contribution is -2.33. The van der Waals surface area contributed by atoms with Gasteiger partial charge in [-0.3, -0.25) is 0 Å². The fourth-order valence-corrected chi connectivity index (χ4v) is 8.92. The van der Waals surface area contributed by atoms with Gasteiger partial charge in [-0.2, -0.15) is 0 Å². The Balaban J connectivity index is 0.000000189. The van der Waals surface area contributed by atoms with Gasteiger partial charge in [0.25, 0.3) is 0 Å². The van der Waals surface area contributed by atoms with E-state index in [0.717, 1.165) is 11.1 Å². The van der Waals surface area contributed by atoms with Gasteiger partial charge in [-0.25, -0.2) is 0 Å². The van der Waals surface area contributed by atoms with Crippen molar-refractivity contribution in [1.29, 1.82) is 0 Å². The van der Waals surface area contributed by atoms with Gasteiger partial charge in [-0.15, -0.1) is 5.75 Å². The molecule has 0 saturated heterocycles. The predicted octanol–water partition coefficient (Wildman–Crippen LogP) is 6.82. The number of benzene rings is 5. The highest BCUT2D eigenvalue weighted by Gasteiger charge is 2.43. The van der Waals surface area contributed by atoms with Gasteiger partial charge in [0.1, 0.15) is 23.2 Å². The molecule has 0 saturated carbocycles. The summed E-state index contributed by atoms with van der Waals surface area (Å²) >= 11 is 0. The zero-order valence-corrected chi connectivity index (χ0v) is 21.0. The first-order chi connectivity index (χ1) is 17.3. The van der Waals surface area contributed by atoms with Crippen LogP contribution in [0.1, 0.15) is 13.3 Å². The Morgan fingerprint density at radius 1 is 0.486 bits per heavy atom. The minimum Gasteiger partial charge on any atom is -0.872 e. The lowest BCUT2D eigenvalue weighted by atomic mass is 10.1. The molecule has 5 aromatic carbocycles. The third-order valence-corrected chi connectivity index (χ3v) is 10.8. The molecule has 0 spiro atoms. The molecule has 0 aliphatic heterocycles. The summed E-state index contributed by atoms with van der Waals surface area (Å²) in [6.45, 7) is 2.30. The van der Waals surface area contributed by atoms with Crippen molar-refractivity contribution in [2.45, 2.75) is 13.3 Å². The molecule has 0 atom stereocenters. The smallest absolute Gasteiger partial charge is 0.112 e. The average molecular weight is 475 g/mol. The van der Waals surface area contributed by atoms with Crippen molar-refractivity contribution in [3.05, 3.63) is 146 Å². The Hall–Kier alpha value is -3.67. The van der Waals surface area contributed by atoms with Gasteiger partial charge in [-0.1, -0.05) is 116 Å². The van der Waals surface area contributed by atoms with Crippen molar-refractivity contribution >= 4 is 23.2 Å². The van der Waals surface area contributed by atoms with E-state index in [0.29, 0.717) is 0 Å². The molecule has 0 aliphatic rings. The molecule has 0 unspecified atom stereocenters. The van der Waals surface area contributed by atoms with Gasteiger partial charge < -0.3 is 5.11 Å². The van der Waals surface area contributed by atoms with Gasteiger partial charge in [0.15, 0.2) is 0 Å². The van der Waals surface area contributed by atoms with Crippen LogP contribution in [-0.4, -0.2) is 6.16 Å². The third kappa shape index (κ3) is 5.70. The fraction of sp³-hybridized carbons (Fsp3) is 0.0909. The maximum atomic E-state index is 11.4. The minimum absolute atomic E-state index is 0.0775. The molecule has 0 bridgehead atoms. The monoisotopic (exact) mass is 474 g/mol. The van der Waals surface area contributed by atoms with Crippen LogP contribution < -0.4 is 21.0 Å². The van der Waals surface area contributed by atoms with E-state index < -0.39 is 7.26 Å². The van der Waals surface area contributed by atoms with E-state index in [1.807, 2.05) is 42.5 Å². The highest BCUT2D eigenvalue weighted by atomic mass is 31.2. The molecule has 0 fully saturated rings. The molecule has 0 N–H and O–H groups in total. The molecule has 0 amide bonds. The number of hydrogen-bond donors (Lipinski definition) is 0. The highest BCUT2D eigenvalue weighted by molar-refractivity contribution is 7.95. The quantitative estimate of drug-likeness (QED) is 0.248. The number of hydrogen-bond acceptors (Lipinski definition) is 1. The van der Waals surface area contributed by atoms with Crippen molar-refractivity contribution in [3.8, 4) is 16.9 Å². The first-order valence-corrected chi connectivity index (χ1v) is 14.1. The Morgan fingerprint density at radius 2 is 0.857 bits per heavy atom. The number of rotatable bonds is 6. The SMILES string of the molecule is CCC[P+](c1ccccc1)(c1ccccc1)c1ccccc1.[O-]c1ccccc1-c1ccccc1. The standard InChI is InChI=1S/C21H22P.C12H10O/c1-2-18-22(19-12-6-3-7-13-19,20-14-8-4-9-15-20)21-16-10-5-11-17-21;13-12-9-5-4-8-11(12)10-6-2-1-3-7-10/h3-17H,2,18H2,1H3;1-9,13H/q+1;/p-1. The van der Waals surface area contributed by atoms with Crippen LogP contribution in [0, 0.1) is 0 Å². The van der Waals surface area contributed by atoms with E-state index in [2.05, 4.69) is 97.9 Å². The Labute approximate surface area is 210 Å². The van der Waals surface area contributed by atoms with Crippen LogP contribution in [0.3, 0.4) is 0 Å². The summed E-state index contributed by atoms with van der Waals surface area (Å²) in [5.74, 6) is 0.0775. The van der Waals surface area contributed by atoms with Gasteiger partial charge in [0, 0.05) is 0 Å². The Bertz CT molecular complexity index is 1190. The first-order valence-electron chi connectivity index (χ1n) is 12.1. The fourth-order valence-electron chi connectivity index (χ4n) is 4.54. The summed E-state index contributed by atoms with van der Waals surface area (Å²) < 4.78 is 0. The zero-order valence-electron chi connectivity index (χ0n) is 20.1.